The maximum Gasteiger partial charge on any atom is 0.323 e. The number of phenolic OH excluding ortho intramolecular Hbond substituents is 2. The fraction of sp³-hybridized carbons (Fsp3) is 0.0571. The van der Waals surface area contributed by atoms with Crippen molar-refractivity contribution in [2.75, 3.05) is 19.2 Å². The van der Waals surface area contributed by atoms with E-state index in [0.717, 1.165) is 32.9 Å². The first-order valence-corrected chi connectivity index (χ1v) is 21.8. The molecule has 10 rings (SSSR count). The lowest BCUT2D eigenvalue weighted by molar-refractivity contribution is 0.262. The number of sulfonamides is 2. The molecule has 4 bridgehead atoms. The summed E-state index contributed by atoms with van der Waals surface area (Å²) in [7, 11) is -18.1. The van der Waals surface area contributed by atoms with Gasteiger partial charge in [0.2, 0.25) is 0 Å². The molecule has 6 aromatic rings. The molecule has 288 valence electrons. The molecular formula is C35H26N4O13S4. The van der Waals surface area contributed by atoms with Crippen molar-refractivity contribution in [3.63, 3.8) is 0 Å². The van der Waals surface area contributed by atoms with Gasteiger partial charge in [-0.2, -0.15) is 16.8 Å². The van der Waals surface area contributed by atoms with Crippen LogP contribution in [0.3, 0.4) is 0 Å². The summed E-state index contributed by atoms with van der Waals surface area (Å²) in [5.74, 6) is -1.00. The number of amides is 2. The summed E-state index contributed by atoms with van der Waals surface area (Å²) in [6.07, 6.45) is 0. The number of nitrogens with zero attached hydrogens (tertiary/aromatic N) is 2. The molecule has 0 fully saturated rings. The predicted octanol–water partition coefficient (Wildman–Crippen LogP) is 5.84. The molecule has 17 nitrogen and oxygen atoms in total. The van der Waals surface area contributed by atoms with Crippen molar-refractivity contribution >= 4 is 102 Å². The SMILES string of the molecule is Cc1c2ccc(c1NC(=O)Nc1c3ccc(c1C)N(c1ccc4cc(S(=O)(=O)O)ccc4c1O)S3(=O)=O)S(=O)(=O)N2c1ccc2cc(S(=O)(=O)O)ccc2c1O. The van der Waals surface area contributed by atoms with Crippen molar-refractivity contribution in [1.29, 1.82) is 0 Å². The number of benzene rings is 6. The molecule has 0 aliphatic carbocycles. The Morgan fingerprint density at radius 2 is 0.911 bits per heavy atom. The Morgan fingerprint density at radius 3 is 1.27 bits per heavy atom. The van der Waals surface area contributed by atoms with E-state index in [9.17, 15) is 57.8 Å². The van der Waals surface area contributed by atoms with Crippen LogP contribution in [0.5, 0.6) is 11.5 Å². The molecule has 0 unspecified atom stereocenters. The van der Waals surface area contributed by atoms with Crippen LogP contribution in [0.25, 0.3) is 21.5 Å². The van der Waals surface area contributed by atoms with Crippen LogP contribution in [0.1, 0.15) is 11.1 Å². The Hall–Kier alpha value is -5.97. The zero-order chi connectivity index (χ0) is 40.4. The van der Waals surface area contributed by atoms with Crippen LogP contribution in [0.2, 0.25) is 0 Å². The van der Waals surface area contributed by atoms with Gasteiger partial charge in [0.05, 0.1) is 43.9 Å². The third-order valence-electron chi connectivity index (χ3n) is 9.66. The monoisotopic (exact) mass is 838 g/mol. The fourth-order valence-corrected chi connectivity index (χ4v) is 11.5. The van der Waals surface area contributed by atoms with Crippen molar-refractivity contribution in [2.24, 2.45) is 0 Å². The number of hydrogen-bond donors (Lipinski definition) is 6. The number of carbonyl (C=O) groups excluding carboxylic acids is 1. The first-order chi connectivity index (χ1) is 26.1. The number of aromatic hydroxyl groups is 2. The van der Waals surface area contributed by atoms with Gasteiger partial charge in [-0.05, 0) is 109 Å². The van der Waals surface area contributed by atoms with E-state index in [0.29, 0.717) is 0 Å². The van der Waals surface area contributed by atoms with Gasteiger partial charge in [-0.15, -0.1) is 0 Å². The Labute approximate surface area is 318 Å². The summed E-state index contributed by atoms with van der Waals surface area (Å²) in [6, 6.07) is 16.4. The van der Waals surface area contributed by atoms with E-state index in [1.807, 2.05) is 0 Å². The number of fused-ring (bicyclic) bond motifs is 8. The molecule has 0 radical (unpaired) electrons. The maximum atomic E-state index is 14.0. The van der Waals surface area contributed by atoms with Gasteiger partial charge in [0.15, 0.2) is 0 Å². The fourth-order valence-electron chi connectivity index (χ4n) is 6.97. The van der Waals surface area contributed by atoms with Gasteiger partial charge in [-0.3, -0.25) is 9.11 Å². The van der Waals surface area contributed by atoms with Gasteiger partial charge in [0.25, 0.3) is 40.3 Å². The smallest absolute Gasteiger partial charge is 0.323 e. The van der Waals surface area contributed by atoms with Crippen LogP contribution in [0.4, 0.5) is 38.9 Å². The molecule has 0 aromatic heterocycles. The number of anilines is 6. The Morgan fingerprint density at radius 1 is 0.554 bits per heavy atom. The highest BCUT2D eigenvalue weighted by atomic mass is 32.2. The van der Waals surface area contributed by atoms with Crippen molar-refractivity contribution in [1.82, 2.24) is 0 Å². The highest BCUT2D eigenvalue weighted by Gasteiger charge is 2.41. The average Bonchev–Trinajstić information content (AvgIpc) is 3.11. The van der Waals surface area contributed by atoms with E-state index in [1.165, 1.54) is 74.5 Å². The number of phenols is 2. The average molecular weight is 839 g/mol. The van der Waals surface area contributed by atoms with Crippen molar-refractivity contribution in [3.8, 4) is 11.5 Å². The van der Waals surface area contributed by atoms with Crippen molar-refractivity contribution in [3.05, 3.63) is 96.1 Å². The van der Waals surface area contributed by atoms with Crippen LogP contribution in [-0.4, -0.2) is 59.0 Å². The molecule has 4 aliphatic heterocycles. The minimum absolute atomic E-state index is 0.0575. The van der Waals surface area contributed by atoms with Crippen molar-refractivity contribution in [2.45, 2.75) is 33.4 Å². The highest BCUT2D eigenvalue weighted by Crippen LogP contribution is 2.51. The lowest BCUT2D eigenvalue weighted by Gasteiger charge is -2.35. The van der Waals surface area contributed by atoms with Crippen LogP contribution in [0.15, 0.2) is 105 Å². The summed E-state index contributed by atoms with van der Waals surface area (Å²) >= 11 is 0. The number of rotatable bonds is 6. The number of urea groups is 1. The molecule has 0 saturated heterocycles. The van der Waals surface area contributed by atoms with Gasteiger partial charge < -0.3 is 20.8 Å². The Kier molecular flexibility index (Phi) is 7.93. The van der Waals surface area contributed by atoms with E-state index in [1.54, 1.807) is 0 Å². The number of carbonyl (C=O) groups is 1. The minimum atomic E-state index is -4.55. The van der Waals surface area contributed by atoms with E-state index < -0.39 is 67.6 Å². The molecule has 6 N–H and O–H groups in total. The number of nitrogens with one attached hydrogen (secondary N) is 2. The molecule has 4 aliphatic rings. The van der Waals surface area contributed by atoms with E-state index >= 15 is 0 Å². The summed E-state index contributed by atoms with van der Waals surface area (Å²) in [4.78, 5) is 12.0. The second kappa shape index (κ2) is 12.0. The van der Waals surface area contributed by atoms with Crippen LogP contribution < -0.4 is 19.2 Å². The highest BCUT2D eigenvalue weighted by molar-refractivity contribution is 7.93. The normalized spacial score (nSPS) is 15.4. The topological polar surface area (TPSA) is 265 Å². The van der Waals surface area contributed by atoms with E-state index in [2.05, 4.69) is 10.6 Å². The lowest BCUT2D eigenvalue weighted by Crippen LogP contribution is -2.35. The molecule has 56 heavy (non-hydrogen) atoms. The first-order valence-electron chi connectivity index (χ1n) is 16.0. The third-order valence-corrected chi connectivity index (χ3v) is 14.9. The Bertz CT molecular complexity index is 3050. The maximum absolute atomic E-state index is 14.0. The molecule has 0 atom stereocenters. The summed E-state index contributed by atoms with van der Waals surface area (Å²) in [6.45, 7) is 3.05. The van der Waals surface area contributed by atoms with Crippen LogP contribution in [-0.2, 0) is 40.3 Å². The minimum Gasteiger partial charge on any atom is -0.505 e. The van der Waals surface area contributed by atoms with E-state index in [4.69, 9.17) is 0 Å². The van der Waals surface area contributed by atoms with Crippen LogP contribution >= 0.6 is 0 Å². The predicted molar refractivity (Wildman–Crippen MR) is 205 cm³/mol. The third kappa shape index (κ3) is 5.42. The summed E-state index contributed by atoms with van der Waals surface area (Å²) < 4.78 is 123. The molecule has 0 spiro atoms. The largest absolute Gasteiger partial charge is 0.505 e. The second-order valence-corrected chi connectivity index (χ2v) is 19.2. The zero-order valence-electron chi connectivity index (χ0n) is 28.6. The molecular weight excluding hydrogens is 813 g/mol. The molecule has 21 heteroatoms. The summed E-state index contributed by atoms with van der Waals surface area (Å²) in [5.41, 5.74) is 0.0527. The molecule has 6 aromatic carbocycles. The van der Waals surface area contributed by atoms with Gasteiger partial charge in [0, 0.05) is 10.8 Å². The molecule has 4 heterocycles. The number of hydrogen-bond acceptors (Lipinski definition) is 11. The quantitative estimate of drug-likeness (QED) is 0.108. The van der Waals surface area contributed by atoms with E-state index in [-0.39, 0.29) is 76.6 Å². The second-order valence-electron chi connectivity index (χ2n) is 12.9. The zero-order valence-corrected chi connectivity index (χ0v) is 31.8. The first kappa shape index (κ1) is 37.0. The molecule has 2 amide bonds. The standard InChI is InChI=1S/C35H26N4O13S4/c1-17-25-11-13-29(53(43,44)38(25)27-9-3-19-15-21(55(47,48)49)5-7-23(19)33(27)40)31(17)36-35(42)37-32-18(2)26-12-14-30(32)54(45,46)39(26)28-10-4-20-16-22(56(50,51)52)6-8-24(20)34(28)41/h3-16,40-41H,1-2H3,(H2,36,37,42)(H,47,48,49)(H,50,51,52). The van der Waals surface area contributed by atoms with Gasteiger partial charge in [-0.25, -0.2) is 30.2 Å². The lowest BCUT2D eigenvalue weighted by atomic mass is 10.1. The van der Waals surface area contributed by atoms with Gasteiger partial charge in [0.1, 0.15) is 21.3 Å². The van der Waals surface area contributed by atoms with Gasteiger partial charge in [-0.1, -0.05) is 12.1 Å². The van der Waals surface area contributed by atoms with Crippen LogP contribution in [0, 0.1) is 13.8 Å². The summed E-state index contributed by atoms with van der Waals surface area (Å²) in [5, 5.41) is 28.0. The Balaban J connectivity index is 1.11. The van der Waals surface area contributed by atoms with Crippen molar-refractivity contribution < 1.29 is 57.8 Å². The molecule has 0 saturated carbocycles. The van der Waals surface area contributed by atoms with Gasteiger partial charge >= 0.3 is 6.03 Å².